The van der Waals surface area contributed by atoms with E-state index in [1.54, 1.807) is 4.57 Å². The number of para-hydroxylation sites is 1. The molecular weight excluding hydrogens is 402 g/mol. The molecule has 0 aliphatic carbocycles. The predicted molar refractivity (Wildman–Crippen MR) is 127 cm³/mol. The Balaban J connectivity index is 1.28. The Labute approximate surface area is 189 Å². The van der Waals surface area contributed by atoms with Crippen molar-refractivity contribution >= 4 is 16.7 Å². The molecule has 1 aromatic carbocycles. The van der Waals surface area contributed by atoms with Gasteiger partial charge in [-0.05, 0) is 45.7 Å². The minimum atomic E-state index is 0.00445. The van der Waals surface area contributed by atoms with Crippen LogP contribution in [0, 0.1) is 0 Å². The number of nitrogens with zero attached hydrogens (tertiary/aromatic N) is 7. The molecule has 172 valence electrons. The maximum atomic E-state index is 12.9. The zero-order valence-electron chi connectivity index (χ0n) is 19.6. The lowest BCUT2D eigenvalue weighted by atomic mass is 10.2. The predicted octanol–water partition coefficient (Wildman–Crippen LogP) is 2.05. The Morgan fingerprint density at radius 3 is 2.34 bits per heavy atom. The standard InChI is InChI=1S/C24H35N7O/c1-4-29-23(32)20-7-5-6-8-21(20)31-22(25-26-24(29)31)17-28-13-11-27(12-14-28)15-16-30-18(2)9-10-19(30)3/h5-8,18-19H,4,9-17H2,1-3H3. The van der Waals surface area contributed by atoms with Crippen molar-refractivity contribution in [1.29, 1.82) is 0 Å². The van der Waals surface area contributed by atoms with E-state index in [2.05, 4.69) is 43.1 Å². The summed E-state index contributed by atoms with van der Waals surface area (Å²) in [6.07, 6.45) is 2.67. The van der Waals surface area contributed by atoms with Crippen LogP contribution in [0.1, 0.15) is 39.4 Å². The van der Waals surface area contributed by atoms with Crippen LogP contribution in [0.4, 0.5) is 0 Å². The topological polar surface area (TPSA) is 61.9 Å². The molecule has 2 fully saturated rings. The highest BCUT2D eigenvalue weighted by molar-refractivity contribution is 5.80. The second-order valence-corrected chi connectivity index (χ2v) is 9.45. The van der Waals surface area contributed by atoms with Gasteiger partial charge in [-0.3, -0.25) is 28.5 Å². The molecule has 2 atom stereocenters. The normalized spacial score (nSPS) is 23.6. The lowest BCUT2D eigenvalue weighted by molar-refractivity contribution is 0.104. The summed E-state index contributed by atoms with van der Waals surface area (Å²) in [6.45, 7) is 14.6. The van der Waals surface area contributed by atoms with E-state index in [4.69, 9.17) is 0 Å². The van der Waals surface area contributed by atoms with Crippen LogP contribution in [0.15, 0.2) is 29.1 Å². The van der Waals surface area contributed by atoms with Gasteiger partial charge in [0.1, 0.15) is 0 Å². The van der Waals surface area contributed by atoms with Gasteiger partial charge in [0.2, 0.25) is 5.78 Å². The van der Waals surface area contributed by atoms with E-state index in [1.807, 2.05) is 31.2 Å². The monoisotopic (exact) mass is 437 g/mol. The van der Waals surface area contributed by atoms with E-state index in [0.29, 0.717) is 12.3 Å². The molecule has 0 radical (unpaired) electrons. The number of likely N-dealkylation sites (tertiary alicyclic amines) is 1. The third-order valence-electron chi connectivity index (χ3n) is 7.53. The number of aryl methyl sites for hydroxylation is 1. The first-order chi connectivity index (χ1) is 15.6. The van der Waals surface area contributed by atoms with E-state index >= 15 is 0 Å². The van der Waals surface area contributed by atoms with Crippen molar-refractivity contribution in [2.45, 2.75) is 58.8 Å². The fourth-order valence-electron chi connectivity index (χ4n) is 5.52. The third kappa shape index (κ3) is 3.84. The number of hydrogen-bond donors (Lipinski definition) is 0. The van der Waals surface area contributed by atoms with Gasteiger partial charge in [-0.2, -0.15) is 0 Å². The molecule has 2 aromatic heterocycles. The molecule has 0 saturated carbocycles. The van der Waals surface area contributed by atoms with E-state index in [0.717, 1.165) is 68.1 Å². The minimum absolute atomic E-state index is 0.00445. The average Bonchev–Trinajstić information content (AvgIpc) is 3.37. The summed E-state index contributed by atoms with van der Waals surface area (Å²) >= 11 is 0. The summed E-state index contributed by atoms with van der Waals surface area (Å²) in [5.41, 5.74) is 0.898. The second-order valence-electron chi connectivity index (χ2n) is 9.45. The van der Waals surface area contributed by atoms with Gasteiger partial charge in [0, 0.05) is 57.9 Å². The first kappa shape index (κ1) is 21.6. The summed E-state index contributed by atoms with van der Waals surface area (Å²) in [4.78, 5) is 20.6. The van der Waals surface area contributed by atoms with E-state index in [1.165, 1.54) is 19.4 Å². The Kier molecular flexibility index (Phi) is 6.01. The van der Waals surface area contributed by atoms with E-state index in [-0.39, 0.29) is 5.56 Å². The van der Waals surface area contributed by atoms with Crippen LogP contribution >= 0.6 is 0 Å². The summed E-state index contributed by atoms with van der Waals surface area (Å²) in [5.74, 6) is 1.55. The van der Waals surface area contributed by atoms with Crippen LogP contribution in [0.2, 0.25) is 0 Å². The Bertz CT molecular complexity index is 1130. The minimum Gasteiger partial charge on any atom is -0.300 e. The molecule has 8 nitrogen and oxygen atoms in total. The van der Waals surface area contributed by atoms with Gasteiger partial charge in [0.05, 0.1) is 17.4 Å². The van der Waals surface area contributed by atoms with E-state index < -0.39 is 0 Å². The second kappa shape index (κ2) is 8.92. The van der Waals surface area contributed by atoms with Gasteiger partial charge in [-0.1, -0.05) is 12.1 Å². The van der Waals surface area contributed by atoms with Crippen molar-refractivity contribution in [3.63, 3.8) is 0 Å². The Hall–Kier alpha value is -2.29. The molecule has 2 unspecified atom stereocenters. The average molecular weight is 438 g/mol. The van der Waals surface area contributed by atoms with Crippen molar-refractivity contribution < 1.29 is 0 Å². The molecule has 4 heterocycles. The molecule has 3 aromatic rings. The van der Waals surface area contributed by atoms with Gasteiger partial charge in [0.25, 0.3) is 5.56 Å². The van der Waals surface area contributed by atoms with Crippen molar-refractivity contribution in [2.75, 3.05) is 39.3 Å². The fraction of sp³-hybridized carbons (Fsp3) is 0.625. The van der Waals surface area contributed by atoms with Gasteiger partial charge in [-0.25, -0.2) is 0 Å². The number of aromatic nitrogens is 4. The largest absolute Gasteiger partial charge is 0.300 e. The zero-order valence-corrected chi connectivity index (χ0v) is 19.6. The smallest absolute Gasteiger partial charge is 0.262 e. The number of fused-ring (bicyclic) bond motifs is 3. The van der Waals surface area contributed by atoms with Crippen molar-refractivity contribution in [3.8, 4) is 0 Å². The number of benzene rings is 1. The molecule has 0 amide bonds. The van der Waals surface area contributed by atoms with Crippen LogP contribution in [0.3, 0.4) is 0 Å². The van der Waals surface area contributed by atoms with Crippen LogP contribution in [-0.4, -0.2) is 85.2 Å². The summed E-state index contributed by atoms with van der Waals surface area (Å²) in [6, 6.07) is 9.23. The molecule has 32 heavy (non-hydrogen) atoms. The first-order valence-electron chi connectivity index (χ1n) is 12.1. The molecule has 2 saturated heterocycles. The zero-order chi connectivity index (χ0) is 22.2. The first-order valence-corrected chi connectivity index (χ1v) is 12.1. The van der Waals surface area contributed by atoms with E-state index in [9.17, 15) is 4.79 Å². The van der Waals surface area contributed by atoms with Crippen LogP contribution in [-0.2, 0) is 13.1 Å². The third-order valence-corrected chi connectivity index (χ3v) is 7.53. The van der Waals surface area contributed by atoms with Gasteiger partial charge >= 0.3 is 0 Å². The van der Waals surface area contributed by atoms with Crippen LogP contribution in [0.5, 0.6) is 0 Å². The number of rotatable bonds is 6. The maximum absolute atomic E-state index is 12.9. The SMILES string of the molecule is CCn1c(=O)c2ccccc2n2c(CN3CCN(CCN4C(C)CCC4C)CC3)nnc12. The fourth-order valence-corrected chi connectivity index (χ4v) is 5.52. The molecule has 5 rings (SSSR count). The number of piperazine rings is 1. The summed E-state index contributed by atoms with van der Waals surface area (Å²) in [5, 5.41) is 9.63. The summed E-state index contributed by atoms with van der Waals surface area (Å²) in [7, 11) is 0. The molecule has 0 N–H and O–H groups in total. The Morgan fingerprint density at radius 1 is 0.938 bits per heavy atom. The quantitative estimate of drug-likeness (QED) is 0.588. The molecule has 8 heteroatoms. The molecule has 0 spiro atoms. The van der Waals surface area contributed by atoms with Crippen molar-refractivity contribution in [1.82, 2.24) is 33.9 Å². The highest BCUT2D eigenvalue weighted by Crippen LogP contribution is 2.23. The maximum Gasteiger partial charge on any atom is 0.262 e. The van der Waals surface area contributed by atoms with Gasteiger partial charge in [-0.15, -0.1) is 10.2 Å². The Morgan fingerprint density at radius 2 is 1.62 bits per heavy atom. The molecule has 2 aliphatic rings. The highest BCUT2D eigenvalue weighted by Gasteiger charge is 2.28. The number of hydrogen-bond acceptors (Lipinski definition) is 6. The lowest BCUT2D eigenvalue weighted by Gasteiger charge is -2.36. The molecular formula is C24H35N7O. The van der Waals surface area contributed by atoms with Crippen molar-refractivity contribution in [2.24, 2.45) is 0 Å². The van der Waals surface area contributed by atoms with Crippen LogP contribution < -0.4 is 5.56 Å². The van der Waals surface area contributed by atoms with Gasteiger partial charge < -0.3 is 0 Å². The lowest BCUT2D eigenvalue weighted by Crippen LogP contribution is -2.49. The molecule has 2 aliphatic heterocycles. The van der Waals surface area contributed by atoms with Crippen LogP contribution in [0.25, 0.3) is 16.7 Å². The van der Waals surface area contributed by atoms with Crippen molar-refractivity contribution in [3.05, 3.63) is 40.4 Å². The molecule has 0 bridgehead atoms. The summed E-state index contributed by atoms with van der Waals surface area (Å²) < 4.78 is 3.79. The van der Waals surface area contributed by atoms with Gasteiger partial charge in [0.15, 0.2) is 5.82 Å². The highest BCUT2D eigenvalue weighted by atomic mass is 16.1.